The Morgan fingerprint density at radius 3 is 1.49 bits per heavy atom. The molecule has 5 amide bonds. The summed E-state index contributed by atoms with van der Waals surface area (Å²) in [6.45, 7) is 5.66. The van der Waals surface area contributed by atoms with Crippen molar-refractivity contribution in [2.45, 2.75) is 186 Å². The van der Waals surface area contributed by atoms with E-state index in [1.54, 1.807) is 0 Å². The lowest BCUT2D eigenvalue weighted by Crippen LogP contribution is -2.45. The van der Waals surface area contributed by atoms with Crippen LogP contribution in [0.3, 0.4) is 0 Å². The monoisotopic (exact) mass is 998 g/mol. The first-order valence-electron chi connectivity index (χ1n) is 26.5. The third-order valence-electron chi connectivity index (χ3n) is 12.7. The van der Waals surface area contributed by atoms with Gasteiger partial charge in [-0.3, -0.25) is 28.8 Å². The van der Waals surface area contributed by atoms with E-state index in [0.717, 1.165) is 64.1 Å². The van der Waals surface area contributed by atoms with Crippen molar-refractivity contribution in [3.63, 3.8) is 0 Å². The Hall–Kier alpha value is -4.20. The zero-order valence-electron chi connectivity index (χ0n) is 42.7. The third kappa shape index (κ3) is 36.7. The summed E-state index contributed by atoms with van der Waals surface area (Å²) in [5, 5.41) is 32.0. The van der Waals surface area contributed by atoms with Gasteiger partial charge in [-0.05, 0) is 56.8 Å². The fraction of sp³-hybridized carbons (Fsp3) is 0.843. The second kappa shape index (κ2) is 43.6. The maximum atomic E-state index is 13.0. The molecule has 0 spiro atoms. The molecular formula is C51H91N5O14. The smallest absolute Gasteiger partial charge is 0.326 e. The Balaban J connectivity index is 2.00. The van der Waals surface area contributed by atoms with Crippen LogP contribution in [0.25, 0.3) is 0 Å². The highest BCUT2D eigenvalue weighted by atomic mass is 16.5. The minimum Gasteiger partial charge on any atom is -0.481 e. The molecule has 19 heteroatoms. The van der Waals surface area contributed by atoms with Crippen LogP contribution in [0.4, 0.5) is 0 Å². The van der Waals surface area contributed by atoms with Crippen LogP contribution < -0.4 is 26.6 Å². The number of carbonyl (C=O) groups is 8. The minimum atomic E-state index is -1.20. The molecule has 0 saturated heterocycles. The molecule has 0 aromatic rings. The zero-order chi connectivity index (χ0) is 51.5. The molecule has 0 bridgehead atoms. The van der Waals surface area contributed by atoms with Crippen LogP contribution in [0, 0.1) is 17.8 Å². The first kappa shape index (κ1) is 63.8. The number of ether oxygens (including phenoxy) is 4. The predicted molar refractivity (Wildman–Crippen MR) is 265 cm³/mol. The Bertz CT molecular complexity index is 1450. The van der Waals surface area contributed by atoms with Crippen LogP contribution in [-0.4, -0.2) is 143 Å². The van der Waals surface area contributed by atoms with Crippen LogP contribution in [0.15, 0.2) is 0 Å². The molecule has 7 N–H and O–H groups in total. The molecule has 3 atom stereocenters. The lowest BCUT2D eigenvalue weighted by molar-refractivity contribution is -0.143. The van der Waals surface area contributed by atoms with E-state index in [1.807, 2.05) is 13.8 Å². The number of unbranched alkanes of at least 4 members (excludes halogenated alkanes) is 15. The lowest BCUT2D eigenvalue weighted by atomic mass is 9.81. The molecule has 1 aliphatic carbocycles. The summed E-state index contributed by atoms with van der Waals surface area (Å²) in [7, 11) is 0. The van der Waals surface area contributed by atoms with Gasteiger partial charge < -0.3 is 60.5 Å². The van der Waals surface area contributed by atoms with E-state index in [4.69, 9.17) is 24.1 Å². The number of carboxylic acids is 2. The number of aliphatic carboxylic acids is 2. The van der Waals surface area contributed by atoms with Crippen molar-refractivity contribution in [2.24, 2.45) is 17.8 Å². The summed E-state index contributed by atoms with van der Waals surface area (Å²) in [5.74, 6) is -3.23. The van der Waals surface area contributed by atoms with Gasteiger partial charge in [-0.15, -0.1) is 0 Å². The predicted octanol–water partition coefficient (Wildman–Crippen LogP) is 5.39. The number of amides is 5. The molecule has 1 fully saturated rings. The normalized spacial score (nSPS) is 15.8. The molecule has 0 radical (unpaired) electrons. The van der Waals surface area contributed by atoms with Gasteiger partial charge in [0.2, 0.25) is 29.5 Å². The molecule has 19 nitrogen and oxygen atoms in total. The fourth-order valence-electron chi connectivity index (χ4n) is 8.06. The topological polar surface area (TPSA) is 274 Å². The third-order valence-corrected chi connectivity index (χ3v) is 12.7. The number of nitrogens with one attached hydrogen (secondary N) is 5. The van der Waals surface area contributed by atoms with Gasteiger partial charge in [0.1, 0.15) is 25.5 Å². The number of rotatable bonds is 47. The van der Waals surface area contributed by atoms with E-state index in [-0.39, 0.29) is 126 Å². The van der Waals surface area contributed by atoms with E-state index >= 15 is 0 Å². The molecule has 0 aromatic carbocycles. The van der Waals surface area contributed by atoms with Crippen molar-refractivity contribution in [3.05, 3.63) is 0 Å². The first-order chi connectivity index (χ1) is 33.9. The molecule has 70 heavy (non-hydrogen) atoms. The van der Waals surface area contributed by atoms with Gasteiger partial charge >= 0.3 is 11.9 Å². The standard InChI is InChI=1S/C51H91N5O14/c1-3-40(2)44(37-57)55-48(61)39-70-35-33-68-31-29-53-47(60)38-69-34-32-67-30-28-52-46(59)27-26-43(51(65)66)56-50(64)42-24-22-41(23-25-42)36-54-45(58)20-18-16-14-12-10-8-6-4-5-7-9-11-13-15-17-19-21-49(62)63/h37,40-44H,3-36,38-39H2,1-2H3,(H,52,59)(H,53,60)(H,54,58)(H,55,61)(H,56,64)(H,62,63)(H,65,66)/t40-,41-,42-,43-,44+/m0/s1. The zero-order valence-corrected chi connectivity index (χ0v) is 42.7. The number of hydrogen-bond donors (Lipinski definition) is 7. The molecule has 404 valence electrons. The Kier molecular flexibility index (Phi) is 39.7. The van der Waals surface area contributed by atoms with Crippen LogP contribution in [0.2, 0.25) is 0 Å². The molecule has 0 unspecified atom stereocenters. The maximum absolute atomic E-state index is 13.0. The van der Waals surface area contributed by atoms with E-state index in [9.17, 15) is 43.5 Å². The van der Waals surface area contributed by atoms with Crippen LogP contribution in [0.5, 0.6) is 0 Å². The molecule has 0 heterocycles. The summed E-state index contributed by atoms with van der Waals surface area (Å²) in [4.78, 5) is 95.2. The SMILES string of the molecule is CC[C@H](C)[C@@H](C=O)NC(=O)COCCOCCNC(=O)COCCOCCNC(=O)CC[C@H](NC(=O)[C@H]1CC[C@H](CNC(=O)CCCCCCCCCCCCCCCCCCC(=O)O)CC1)C(=O)O. The minimum absolute atomic E-state index is 0.0337. The van der Waals surface area contributed by atoms with E-state index < -0.39 is 24.0 Å². The Morgan fingerprint density at radius 2 is 1.00 bits per heavy atom. The highest BCUT2D eigenvalue weighted by Crippen LogP contribution is 2.29. The number of hydrogen-bond acceptors (Lipinski definition) is 12. The summed E-state index contributed by atoms with van der Waals surface area (Å²) in [6, 6.07) is -1.73. The van der Waals surface area contributed by atoms with Crippen molar-refractivity contribution >= 4 is 47.8 Å². The van der Waals surface area contributed by atoms with Crippen molar-refractivity contribution in [1.29, 1.82) is 0 Å². The van der Waals surface area contributed by atoms with Crippen molar-refractivity contribution < 1.29 is 67.5 Å². The van der Waals surface area contributed by atoms with Crippen molar-refractivity contribution in [2.75, 3.05) is 72.5 Å². The van der Waals surface area contributed by atoms with Gasteiger partial charge in [-0.1, -0.05) is 110 Å². The highest BCUT2D eigenvalue weighted by Gasteiger charge is 2.30. The Morgan fingerprint density at radius 1 is 0.543 bits per heavy atom. The fourth-order valence-corrected chi connectivity index (χ4v) is 8.06. The van der Waals surface area contributed by atoms with Gasteiger partial charge in [-0.25, -0.2) is 4.79 Å². The molecular weight excluding hydrogens is 907 g/mol. The summed E-state index contributed by atoms with van der Waals surface area (Å²) in [5.41, 5.74) is 0. The van der Waals surface area contributed by atoms with E-state index in [1.165, 1.54) is 64.2 Å². The van der Waals surface area contributed by atoms with E-state index in [0.29, 0.717) is 32.2 Å². The molecule has 0 aliphatic heterocycles. The summed E-state index contributed by atoms with van der Waals surface area (Å²) < 4.78 is 21.3. The van der Waals surface area contributed by atoms with Crippen molar-refractivity contribution in [1.82, 2.24) is 26.6 Å². The summed E-state index contributed by atoms with van der Waals surface area (Å²) >= 11 is 0. The number of carbonyl (C=O) groups excluding carboxylic acids is 6. The number of aldehydes is 1. The van der Waals surface area contributed by atoms with Gasteiger partial charge in [-0.2, -0.15) is 0 Å². The second-order valence-corrected chi connectivity index (χ2v) is 18.7. The number of carboxylic acid groups (broad SMARTS) is 2. The summed E-state index contributed by atoms with van der Waals surface area (Å²) in [6.07, 6.45) is 23.6. The van der Waals surface area contributed by atoms with Crippen LogP contribution >= 0.6 is 0 Å². The average molecular weight is 998 g/mol. The van der Waals surface area contributed by atoms with Crippen LogP contribution in [-0.2, 0) is 57.3 Å². The largest absolute Gasteiger partial charge is 0.481 e. The average Bonchev–Trinajstić information content (AvgIpc) is 3.34. The lowest BCUT2D eigenvalue weighted by Gasteiger charge is -2.28. The van der Waals surface area contributed by atoms with Gasteiger partial charge in [0.15, 0.2) is 0 Å². The van der Waals surface area contributed by atoms with E-state index in [2.05, 4.69) is 26.6 Å². The second-order valence-electron chi connectivity index (χ2n) is 18.7. The Labute approximate surface area is 417 Å². The molecule has 0 aromatic heterocycles. The molecule has 1 rings (SSSR count). The highest BCUT2D eigenvalue weighted by molar-refractivity contribution is 5.86. The molecule has 1 saturated carbocycles. The van der Waals surface area contributed by atoms with Crippen LogP contribution in [0.1, 0.15) is 174 Å². The van der Waals surface area contributed by atoms with Gasteiger partial charge in [0.25, 0.3) is 0 Å². The molecule has 1 aliphatic rings. The quantitative estimate of drug-likeness (QED) is 0.0298. The maximum Gasteiger partial charge on any atom is 0.326 e. The first-order valence-corrected chi connectivity index (χ1v) is 26.5. The van der Waals surface area contributed by atoms with Gasteiger partial charge in [0.05, 0.1) is 45.7 Å². The van der Waals surface area contributed by atoms with Crippen molar-refractivity contribution in [3.8, 4) is 0 Å². The van der Waals surface area contributed by atoms with Gasteiger partial charge in [0, 0.05) is 44.8 Å².